The van der Waals surface area contributed by atoms with Crippen molar-refractivity contribution in [3.63, 3.8) is 0 Å². The fraction of sp³-hybridized carbons (Fsp3) is 0.700. The minimum Gasteiger partial charge on any atom is -0.478 e. The number of likely N-dealkylation sites (tertiary alicyclic amines) is 1. The molecule has 1 aliphatic heterocycles. The number of ether oxygens (including phenoxy) is 2. The third-order valence-corrected chi connectivity index (χ3v) is 5.38. The van der Waals surface area contributed by atoms with Gasteiger partial charge in [-0.2, -0.15) is 10.2 Å². The first kappa shape index (κ1) is 19.4. The molecular weight excluding hydrogens is 344 g/mol. The van der Waals surface area contributed by atoms with E-state index in [0.29, 0.717) is 35.8 Å². The summed E-state index contributed by atoms with van der Waals surface area (Å²) >= 11 is 0. The molecule has 2 atom stereocenters. The number of hydrogen-bond donors (Lipinski definition) is 0. The van der Waals surface area contributed by atoms with Gasteiger partial charge >= 0.3 is 6.09 Å². The second kappa shape index (κ2) is 8.55. The van der Waals surface area contributed by atoms with Gasteiger partial charge in [0.15, 0.2) is 0 Å². The SMILES string of the molecule is Cc1nc(C#N)cc(OCCC2CC2C2CCN(C(=O)OC(C)C)CC2)n1. The number of amides is 1. The molecule has 7 nitrogen and oxygen atoms in total. The lowest BCUT2D eigenvalue weighted by Gasteiger charge is -2.32. The van der Waals surface area contributed by atoms with Crippen LogP contribution in [0.1, 0.15) is 51.0 Å². The van der Waals surface area contributed by atoms with Crippen LogP contribution in [0.3, 0.4) is 0 Å². The Balaban J connectivity index is 1.37. The standard InChI is InChI=1S/C20H28N4O3/c1-13(2)27-20(25)24-7-4-15(5-8-24)18-10-16(18)6-9-26-19-11-17(12-21)22-14(3)23-19/h11,13,15-16,18H,4-10H2,1-3H3. The topological polar surface area (TPSA) is 88.3 Å². The number of aryl methyl sites for hydroxylation is 1. The highest BCUT2D eigenvalue weighted by Gasteiger charge is 2.43. The third kappa shape index (κ3) is 5.31. The molecule has 2 aliphatic rings. The zero-order valence-electron chi connectivity index (χ0n) is 16.4. The number of piperidine rings is 1. The van der Waals surface area contributed by atoms with E-state index in [1.54, 1.807) is 13.0 Å². The molecule has 1 aliphatic carbocycles. The number of nitriles is 1. The smallest absolute Gasteiger partial charge is 0.410 e. The average Bonchev–Trinajstić information content (AvgIpc) is 3.40. The summed E-state index contributed by atoms with van der Waals surface area (Å²) in [7, 11) is 0. The predicted molar refractivity (Wildman–Crippen MR) is 99.1 cm³/mol. The lowest BCUT2D eigenvalue weighted by Crippen LogP contribution is -2.40. The summed E-state index contributed by atoms with van der Waals surface area (Å²) in [5.41, 5.74) is 0.338. The van der Waals surface area contributed by atoms with Gasteiger partial charge in [-0.3, -0.25) is 0 Å². The van der Waals surface area contributed by atoms with Gasteiger partial charge in [0.05, 0.1) is 12.7 Å². The number of rotatable bonds is 6. The van der Waals surface area contributed by atoms with E-state index in [2.05, 4.69) is 9.97 Å². The van der Waals surface area contributed by atoms with E-state index in [1.165, 1.54) is 6.42 Å². The highest BCUT2D eigenvalue weighted by Crippen LogP contribution is 2.49. The van der Waals surface area contributed by atoms with Gasteiger partial charge in [-0.1, -0.05) is 0 Å². The molecule has 1 amide bonds. The van der Waals surface area contributed by atoms with Gasteiger partial charge in [0, 0.05) is 19.2 Å². The monoisotopic (exact) mass is 372 g/mol. The Morgan fingerprint density at radius 2 is 2.11 bits per heavy atom. The summed E-state index contributed by atoms with van der Waals surface area (Å²) in [6.45, 7) is 7.73. The fourth-order valence-electron chi connectivity index (χ4n) is 3.95. The molecule has 2 fully saturated rings. The first-order valence-corrected chi connectivity index (χ1v) is 9.80. The minimum atomic E-state index is -0.180. The fourth-order valence-corrected chi connectivity index (χ4v) is 3.95. The quantitative estimate of drug-likeness (QED) is 0.761. The largest absolute Gasteiger partial charge is 0.478 e. The van der Waals surface area contributed by atoms with Crippen molar-refractivity contribution in [2.75, 3.05) is 19.7 Å². The lowest BCUT2D eigenvalue weighted by atomic mass is 9.91. The normalized spacial score (nSPS) is 22.4. The third-order valence-electron chi connectivity index (χ3n) is 5.38. The molecule has 1 aromatic rings. The Bertz CT molecular complexity index is 708. The molecule has 0 bridgehead atoms. The van der Waals surface area contributed by atoms with Crippen LogP contribution in [-0.2, 0) is 4.74 Å². The van der Waals surface area contributed by atoms with Gasteiger partial charge in [-0.25, -0.2) is 9.78 Å². The molecule has 0 radical (unpaired) electrons. The van der Waals surface area contributed by atoms with Crippen LogP contribution in [0.4, 0.5) is 4.79 Å². The van der Waals surface area contributed by atoms with Crippen LogP contribution >= 0.6 is 0 Å². The van der Waals surface area contributed by atoms with Gasteiger partial charge in [0.25, 0.3) is 0 Å². The second-order valence-electron chi connectivity index (χ2n) is 7.80. The van der Waals surface area contributed by atoms with Gasteiger partial charge in [0.1, 0.15) is 17.6 Å². The lowest BCUT2D eigenvalue weighted by molar-refractivity contribution is 0.0633. The molecule has 2 unspecified atom stereocenters. The Morgan fingerprint density at radius 1 is 1.37 bits per heavy atom. The van der Waals surface area contributed by atoms with E-state index >= 15 is 0 Å². The van der Waals surface area contributed by atoms with Crippen LogP contribution in [0.15, 0.2) is 6.07 Å². The molecule has 0 aromatic carbocycles. The Morgan fingerprint density at radius 3 is 2.78 bits per heavy atom. The van der Waals surface area contributed by atoms with Crippen LogP contribution in [-0.4, -0.2) is 46.8 Å². The Labute approximate surface area is 160 Å². The predicted octanol–water partition coefficient (Wildman–Crippen LogP) is 3.32. The summed E-state index contributed by atoms with van der Waals surface area (Å²) in [6.07, 6.45) is 4.13. The van der Waals surface area contributed by atoms with Crippen LogP contribution in [0.5, 0.6) is 5.88 Å². The Hall–Kier alpha value is -2.36. The molecule has 146 valence electrons. The summed E-state index contributed by atoms with van der Waals surface area (Å²) in [6, 6.07) is 3.61. The number of carbonyl (C=O) groups excluding carboxylic acids is 1. The van der Waals surface area contributed by atoms with E-state index in [1.807, 2.05) is 24.8 Å². The zero-order valence-corrected chi connectivity index (χ0v) is 16.4. The first-order chi connectivity index (χ1) is 13.0. The maximum absolute atomic E-state index is 12.0. The van der Waals surface area contributed by atoms with Crippen LogP contribution in [0.2, 0.25) is 0 Å². The number of nitrogens with zero attached hydrogens (tertiary/aromatic N) is 4. The van der Waals surface area contributed by atoms with Crippen molar-refractivity contribution < 1.29 is 14.3 Å². The highest BCUT2D eigenvalue weighted by molar-refractivity contribution is 5.67. The zero-order chi connectivity index (χ0) is 19.4. The number of carbonyl (C=O) groups is 1. The van der Waals surface area contributed by atoms with E-state index in [4.69, 9.17) is 14.7 Å². The molecule has 7 heteroatoms. The maximum atomic E-state index is 12.0. The molecule has 1 saturated heterocycles. The summed E-state index contributed by atoms with van der Waals surface area (Å²) in [5, 5.41) is 8.96. The van der Waals surface area contributed by atoms with Crippen molar-refractivity contribution >= 4 is 6.09 Å². The number of aromatic nitrogens is 2. The molecule has 1 saturated carbocycles. The van der Waals surface area contributed by atoms with E-state index in [9.17, 15) is 4.79 Å². The minimum absolute atomic E-state index is 0.0639. The van der Waals surface area contributed by atoms with Gasteiger partial charge in [-0.15, -0.1) is 0 Å². The molecular formula is C20H28N4O3. The molecule has 1 aromatic heterocycles. The van der Waals surface area contributed by atoms with Crippen molar-refractivity contribution in [3.8, 4) is 11.9 Å². The summed E-state index contributed by atoms with van der Waals surface area (Å²) < 4.78 is 11.0. The van der Waals surface area contributed by atoms with Crippen LogP contribution in [0, 0.1) is 36.0 Å². The molecule has 27 heavy (non-hydrogen) atoms. The maximum Gasteiger partial charge on any atom is 0.410 e. The van der Waals surface area contributed by atoms with Crippen molar-refractivity contribution in [1.29, 1.82) is 5.26 Å². The second-order valence-corrected chi connectivity index (χ2v) is 7.80. The summed E-state index contributed by atoms with van der Waals surface area (Å²) in [5.74, 6) is 3.18. The Kier molecular flexibility index (Phi) is 6.15. The van der Waals surface area contributed by atoms with E-state index < -0.39 is 0 Å². The van der Waals surface area contributed by atoms with Crippen LogP contribution in [0.25, 0.3) is 0 Å². The van der Waals surface area contributed by atoms with E-state index in [-0.39, 0.29) is 12.2 Å². The van der Waals surface area contributed by atoms with Crippen molar-refractivity contribution in [1.82, 2.24) is 14.9 Å². The van der Waals surface area contributed by atoms with Gasteiger partial charge in [0.2, 0.25) is 5.88 Å². The van der Waals surface area contributed by atoms with Crippen molar-refractivity contribution in [3.05, 3.63) is 17.6 Å². The summed E-state index contributed by atoms with van der Waals surface area (Å²) in [4.78, 5) is 22.0. The van der Waals surface area contributed by atoms with Gasteiger partial charge in [-0.05, 0) is 64.2 Å². The van der Waals surface area contributed by atoms with Crippen LogP contribution < -0.4 is 4.74 Å². The first-order valence-electron chi connectivity index (χ1n) is 9.80. The molecule has 3 rings (SSSR count). The van der Waals surface area contributed by atoms with Gasteiger partial charge < -0.3 is 14.4 Å². The molecule has 0 N–H and O–H groups in total. The van der Waals surface area contributed by atoms with Crippen molar-refractivity contribution in [2.24, 2.45) is 17.8 Å². The van der Waals surface area contributed by atoms with Crippen molar-refractivity contribution in [2.45, 2.75) is 52.6 Å². The molecule has 0 spiro atoms. The van der Waals surface area contributed by atoms with E-state index in [0.717, 1.165) is 38.3 Å². The number of hydrogen-bond acceptors (Lipinski definition) is 6. The highest BCUT2D eigenvalue weighted by atomic mass is 16.6. The molecule has 2 heterocycles. The average molecular weight is 372 g/mol.